The maximum atomic E-state index is 11.6. The zero-order valence-corrected chi connectivity index (χ0v) is 10.2. The van der Waals surface area contributed by atoms with Gasteiger partial charge in [0.05, 0.1) is 0 Å². The zero-order valence-electron chi connectivity index (χ0n) is 10.2. The molecule has 2 rings (SSSR count). The second-order valence-corrected chi connectivity index (χ2v) is 4.90. The summed E-state index contributed by atoms with van der Waals surface area (Å²) in [4.78, 5) is 15.8. The van der Waals surface area contributed by atoms with Crippen molar-refractivity contribution in [3.05, 3.63) is 24.0 Å². The van der Waals surface area contributed by atoms with Crippen LogP contribution in [0.1, 0.15) is 32.5 Å². The van der Waals surface area contributed by atoms with Crippen molar-refractivity contribution in [1.82, 2.24) is 10.3 Å². The molecule has 1 amide bonds. The molecule has 2 heterocycles. The smallest absolute Gasteiger partial charge is 0.408 e. The molecule has 5 heteroatoms. The van der Waals surface area contributed by atoms with Crippen LogP contribution in [0.4, 0.5) is 4.79 Å². The van der Waals surface area contributed by atoms with Gasteiger partial charge in [0.1, 0.15) is 29.7 Å². The van der Waals surface area contributed by atoms with Gasteiger partial charge in [-0.15, -0.1) is 0 Å². The van der Waals surface area contributed by atoms with Crippen molar-refractivity contribution in [3.63, 3.8) is 0 Å². The number of nitrogens with zero attached hydrogens (tertiary/aromatic N) is 1. The molecule has 1 aromatic heterocycles. The van der Waals surface area contributed by atoms with Gasteiger partial charge < -0.3 is 14.8 Å². The van der Waals surface area contributed by atoms with E-state index in [1.54, 1.807) is 12.3 Å². The van der Waals surface area contributed by atoms with Crippen molar-refractivity contribution in [2.45, 2.75) is 32.4 Å². The summed E-state index contributed by atoms with van der Waals surface area (Å²) >= 11 is 0. The van der Waals surface area contributed by atoms with Crippen molar-refractivity contribution < 1.29 is 14.3 Å². The Kier molecular flexibility index (Phi) is 2.92. The highest BCUT2D eigenvalue weighted by Gasteiger charge is 2.28. The summed E-state index contributed by atoms with van der Waals surface area (Å²) in [6.45, 7) is 5.86. The Morgan fingerprint density at radius 2 is 2.35 bits per heavy atom. The van der Waals surface area contributed by atoms with Crippen molar-refractivity contribution >= 4 is 6.09 Å². The highest BCUT2D eigenvalue weighted by Crippen LogP contribution is 2.29. The van der Waals surface area contributed by atoms with Crippen LogP contribution in [0.2, 0.25) is 0 Å². The van der Waals surface area contributed by atoms with Gasteiger partial charge in [0.15, 0.2) is 0 Å². The van der Waals surface area contributed by atoms with Crippen LogP contribution in [0.25, 0.3) is 0 Å². The van der Waals surface area contributed by atoms with Crippen LogP contribution < -0.4 is 10.1 Å². The lowest BCUT2D eigenvalue weighted by Crippen LogP contribution is -2.35. The lowest BCUT2D eigenvalue weighted by atomic mass is 10.2. The Hall–Kier alpha value is -1.78. The molecule has 17 heavy (non-hydrogen) atoms. The predicted molar refractivity (Wildman–Crippen MR) is 61.8 cm³/mol. The number of carbonyl (C=O) groups excluding carboxylic acids is 1. The summed E-state index contributed by atoms with van der Waals surface area (Å²) in [7, 11) is 0. The fraction of sp³-hybridized carbons (Fsp3) is 0.500. The molecule has 1 aliphatic rings. The molecule has 0 bridgehead atoms. The lowest BCUT2D eigenvalue weighted by molar-refractivity contribution is 0.0496. The molecule has 0 spiro atoms. The van der Waals surface area contributed by atoms with Gasteiger partial charge in [0, 0.05) is 6.20 Å². The second kappa shape index (κ2) is 4.24. The number of hydrogen-bond acceptors (Lipinski definition) is 4. The molecule has 0 saturated heterocycles. The van der Waals surface area contributed by atoms with Crippen molar-refractivity contribution in [1.29, 1.82) is 0 Å². The van der Waals surface area contributed by atoms with Gasteiger partial charge in [-0.3, -0.25) is 4.98 Å². The van der Waals surface area contributed by atoms with Crippen LogP contribution in [0.5, 0.6) is 5.75 Å². The first-order chi connectivity index (χ1) is 7.96. The standard InChI is InChI=1S/C12H16N2O3/c1-12(2,3)17-11(15)14-8-7-16-9-5-4-6-13-10(8)9/h4-6,8H,7H2,1-3H3,(H,14,15)/t8-/m1/s1. The minimum Gasteiger partial charge on any atom is -0.489 e. The molecule has 1 aliphatic heterocycles. The van der Waals surface area contributed by atoms with Gasteiger partial charge in [-0.2, -0.15) is 0 Å². The van der Waals surface area contributed by atoms with Crippen LogP contribution in [-0.2, 0) is 4.74 Å². The van der Waals surface area contributed by atoms with E-state index in [2.05, 4.69) is 10.3 Å². The first-order valence-corrected chi connectivity index (χ1v) is 5.53. The molecule has 92 valence electrons. The Morgan fingerprint density at radius 1 is 1.59 bits per heavy atom. The number of ether oxygens (including phenoxy) is 2. The monoisotopic (exact) mass is 236 g/mol. The Balaban J connectivity index is 2.00. The summed E-state index contributed by atoms with van der Waals surface area (Å²) in [5.74, 6) is 0.716. The van der Waals surface area contributed by atoms with Gasteiger partial charge in [-0.1, -0.05) is 0 Å². The number of pyridine rings is 1. The van der Waals surface area contributed by atoms with E-state index in [4.69, 9.17) is 9.47 Å². The Labute approximate surface area is 100 Å². The third-order valence-electron chi connectivity index (χ3n) is 2.23. The molecule has 0 saturated carbocycles. The third-order valence-corrected chi connectivity index (χ3v) is 2.23. The topological polar surface area (TPSA) is 60.5 Å². The minimum absolute atomic E-state index is 0.235. The fourth-order valence-electron chi connectivity index (χ4n) is 1.60. The van der Waals surface area contributed by atoms with E-state index in [-0.39, 0.29) is 6.04 Å². The van der Waals surface area contributed by atoms with Crippen LogP contribution in [-0.4, -0.2) is 23.3 Å². The summed E-state index contributed by atoms with van der Waals surface area (Å²) in [5.41, 5.74) is 0.245. The van der Waals surface area contributed by atoms with E-state index in [0.717, 1.165) is 5.69 Å². The highest BCUT2D eigenvalue weighted by molar-refractivity contribution is 5.68. The molecule has 1 aromatic rings. The molecule has 0 radical (unpaired) electrons. The lowest BCUT2D eigenvalue weighted by Gasteiger charge is -2.21. The maximum absolute atomic E-state index is 11.6. The normalized spacial score (nSPS) is 18.2. The molecule has 1 N–H and O–H groups in total. The summed E-state index contributed by atoms with van der Waals surface area (Å²) in [5, 5.41) is 2.74. The molecule has 5 nitrogen and oxygen atoms in total. The van der Waals surface area contributed by atoms with E-state index in [0.29, 0.717) is 12.4 Å². The SMILES string of the molecule is CC(C)(C)OC(=O)N[C@@H]1COc2cccnc21. The maximum Gasteiger partial charge on any atom is 0.408 e. The first kappa shape index (κ1) is 11.7. The average molecular weight is 236 g/mol. The largest absolute Gasteiger partial charge is 0.489 e. The molecule has 0 unspecified atom stereocenters. The molecular formula is C12H16N2O3. The van der Waals surface area contributed by atoms with Crippen LogP contribution >= 0.6 is 0 Å². The highest BCUT2D eigenvalue weighted by atomic mass is 16.6. The van der Waals surface area contributed by atoms with E-state index in [1.165, 1.54) is 0 Å². The second-order valence-electron chi connectivity index (χ2n) is 4.90. The first-order valence-electron chi connectivity index (χ1n) is 5.53. The molecule has 0 fully saturated rings. The number of amides is 1. The molecule has 1 atom stereocenters. The van der Waals surface area contributed by atoms with Gasteiger partial charge in [0.25, 0.3) is 0 Å². The Bertz CT molecular complexity index is 426. The van der Waals surface area contributed by atoms with Gasteiger partial charge in [0.2, 0.25) is 0 Å². The molecular weight excluding hydrogens is 220 g/mol. The van der Waals surface area contributed by atoms with E-state index in [1.807, 2.05) is 26.8 Å². The predicted octanol–water partition coefficient (Wildman–Crippen LogP) is 2.04. The third kappa shape index (κ3) is 2.87. The summed E-state index contributed by atoms with van der Waals surface area (Å²) in [6, 6.07) is 3.40. The number of rotatable bonds is 1. The fourth-order valence-corrected chi connectivity index (χ4v) is 1.60. The minimum atomic E-state index is -0.503. The van der Waals surface area contributed by atoms with Gasteiger partial charge in [-0.25, -0.2) is 4.79 Å². The van der Waals surface area contributed by atoms with Crippen molar-refractivity contribution in [3.8, 4) is 5.75 Å². The molecule has 0 aromatic carbocycles. The Morgan fingerprint density at radius 3 is 3.06 bits per heavy atom. The van der Waals surface area contributed by atoms with Crippen molar-refractivity contribution in [2.24, 2.45) is 0 Å². The van der Waals surface area contributed by atoms with Gasteiger partial charge >= 0.3 is 6.09 Å². The number of carbonyl (C=O) groups is 1. The number of alkyl carbamates (subject to hydrolysis) is 1. The van der Waals surface area contributed by atoms with Gasteiger partial charge in [-0.05, 0) is 32.9 Å². The van der Waals surface area contributed by atoms with E-state index < -0.39 is 11.7 Å². The number of nitrogens with one attached hydrogen (secondary N) is 1. The summed E-state index contributed by atoms with van der Waals surface area (Å²) in [6.07, 6.45) is 1.22. The summed E-state index contributed by atoms with van der Waals surface area (Å²) < 4.78 is 10.6. The van der Waals surface area contributed by atoms with Crippen molar-refractivity contribution in [2.75, 3.05) is 6.61 Å². The van der Waals surface area contributed by atoms with Crippen LogP contribution in [0.3, 0.4) is 0 Å². The number of hydrogen-bond donors (Lipinski definition) is 1. The number of aromatic nitrogens is 1. The van der Waals surface area contributed by atoms with Crippen LogP contribution in [0, 0.1) is 0 Å². The average Bonchev–Trinajstić information content (AvgIpc) is 2.59. The number of fused-ring (bicyclic) bond motifs is 1. The quantitative estimate of drug-likeness (QED) is 0.810. The van der Waals surface area contributed by atoms with E-state index in [9.17, 15) is 4.79 Å². The van der Waals surface area contributed by atoms with Crippen LogP contribution in [0.15, 0.2) is 18.3 Å². The van der Waals surface area contributed by atoms with E-state index >= 15 is 0 Å². The molecule has 0 aliphatic carbocycles. The zero-order chi connectivity index (χ0) is 12.5.